The molecule has 1 amide bonds. The van der Waals surface area contributed by atoms with Crippen LogP contribution in [0.25, 0.3) is 0 Å². The van der Waals surface area contributed by atoms with E-state index >= 15 is 0 Å². The van der Waals surface area contributed by atoms with Crippen LogP contribution in [-0.2, 0) is 11.2 Å². The van der Waals surface area contributed by atoms with Crippen LogP contribution in [0.15, 0.2) is 18.2 Å². The minimum atomic E-state index is -0.671. The average molecular weight is 224 g/mol. The Balaban J connectivity index is 3.09. The summed E-state index contributed by atoms with van der Waals surface area (Å²) >= 11 is 0. The molecule has 2 N–H and O–H groups in total. The van der Waals surface area contributed by atoms with Gasteiger partial charge in [0, 0.05) is 24.8 Å². The molecular formula is C10H12N2O4. The second-order valence-electron chi connectivity index (χ2n) is 3.21. The number of ether oxygens (including phenoxy) is 1. The van der Waals surface area contributed by atoms with Gasteiger partial charge in [-0.15, -0.1) is 0 Å². The number of carbonyl (C=O) groups is 1. The maximum atomic E-state index is 11.1. The van der Waals surface area contributed by atoms with Crippen molar-refractivity contribution in [1.29, 1.82) is 0 Å². The third-order valence-corrected chi connectivity index (χ3v) is 2.15. The summed E-state index contributed by atoms with van der Waals surface area (Å²) in [6.45, 7) is 0.429. The van der Waals surface area contributed by atoms with Crippen LogP contribution in [0.5, 0.6) is 0 Å². The highest BCUT2D eigenvalue weighted by Crippen LogP contribution is 2.18. The molecule has 0 spiro atoms. The fourth-order valence-corrected chi connectivity index (χ4v) is 1.34. The third-order valence-electron chi connectivity index (χ3n) is 2.15. The number of rotatable bonds is 5. The summed E-state index contributed by atoms with van der Waals surface area (Å²) in [7, 11) is 1.54. The Bertz CT molecular complexity index is 417. The van der Waals surface area contributed by atoms with Crippen molar-refractivity contribution >= 4 is 11.6 Å². The number of nitrogens with two attached hydrogens (primary N) is 1. The number of amides is 1. The van der Waals surface area contributed by atoms with Gasteiger partial charge in [0.2, 0.25) is 5.91 Å². The first-order valence-electron chi connectivity index (χ1n) is 4.62. The molecular weight excluding hydrogens is 212 g/mol. The molecule has 16 heavy (non-hydrogen) atoms. The Morgan fingerprint density at radius 2 is 2.25 bits per heavy atom. The Hall–Kier alpha value is -1.95. The number of primary amides is 1. The van der Waals surface area contributed by atoms with Crippen LogP contribution in [0.4, 0.5) is 5.69 Å². The summed E-state index contributed by atoms with van der Waals surface area (Å²) in [5.74, 6) is -0.671. The molecule has 86 valence electrons. The summed E-state index contributed by atoms with van der Waals surface area (Å²) in [5.41, 5.74) is 5.83. The normalized spacial score (nSPS) is 10.1. The molecule has 0 fully saturated rings. The van der Waals surface area contributed by atoms with E-state index in [1.165, 1.54) is 25.3 Å². The van der Waals surface area contributed by atoms with Gasteiger partial charge < -0.3 is 10.5 Å². The van der Waals surface area contributed by atoms with Gasteiger partial charge in [0.25, 0.3) is 5.69 Å². The predicted molar refractivity (Wildman–Crippen MR) is 57.2 cm³/mol. The molecule has 0 saturated carbocycles. The van der Waals surface area contributed by atoms with Gasteiger partial charge in [-0.05, 0) is 12.0 Å². The Kier molecular flexibility index (Phi) is 3.96. The van der Waals surface area contributed by atoms with Crippen molar-refractivity contribution in [2.45, 2.75) is 6.42 Å². The second kappa shape index (κ2) is 5.22. The van der Waals surface area contributed by atoms with Crippen molar-refractivity contribution < 1.29 is 14.5 Å². The van der Waals surface area contributed by atoms with Gasteiger partial charge >= 0.3 is 0 Å². The lowest BCUT2D eigenvalue weighted by atomic mass is 10.0. The van der Waals surface area contributed by atoms with Crippen LogP contribution in [-0.4, -0.2) is 24.5 Å². The van der Waals surface area contributed by atoms with Gasteiger partial charge in [-0.1, -0.05) is 6.07 Å². The molecule has 0 bridgehead atoms. The van der Waals surface area contributed by atoms with Crippen molar-refractivity contribution in [2.24, 2.45) is 5.73 Å². The number of nitro benzene ring substituents is 1. The van der Waals surface area contributed by atoms with E-state index in [4.69, 9.17) is 10.5 Å². The van der Waals surface area contributed by atoms with E-state index in [1.807, 2.05) is 0 Å². The van der Waals surface area contributed by atoms with Crippen molar-refractivity contribution in [3.63, 3.8) is 0 Å². The maximum Gasteiger partial charge on any atom is 0.270 e. The number of methoxy groups -OCH3 is 1. The van der Waals surface area contributed by atoms with Gasteiger partial charge in [-0.3, -0.25) is 14.9 Å². The smallest absolute Gasteiger partial charge is 0.270 e. The SMILES string of the molecule is COCCc1ccc([N+](=O)[O-])cc1C(N)=O. The highest BCUT2D eigenvalue weighted by Gasteiger charge is 2.14. The second-order valence-corrected chi connectivity index (χ2v) is 3.21. The zero-order valence-corrected chi connectivity index (χ0v) is 8.80. The first kappa shape index (κ1) is 12.1. The lowest BCUT2D eigenvalue weighted by molar-refractivity contribution is -0.384. The molecule has 0 aromatic heterocycles. The molecule has 6 nitrogen and oxygen atoms in total. The van der Waals surface area contributed by atoms with Crippen LogP contribution in [0.2, 0.25) is 0 Å². The Morgan fingerprint density at radius 3 is 2.75 bits per heavy atom. The van der Waals surface area contributed by atoms with Crippen LogP contribution in [0.3, 0.4) is 0 Å². The number of non-ortho nitro benzene ring substituents is 1. The van der Waals surface area contributed by atoms with Crippen LogP contribution in [0, 0.1) is 10.1 Å². The Labute approximate surface area is 92.2 Å². The molecule has 0 saturated heterocycles. The molecule has 1 aromatic rings. The van der Waals surface area contributed by atoms with Gasteiger partial charge in [-0.25, -0.2) is 0 Å². The molecule has 0 aliphatic rings. The zero-order chi connectivity index (χ0) is 12.1. The van der Waals surface area contributed by atoms with E-state index in [1.54, 1.807) is 0 Å². The molecule has 1 rings (SSSR count). The Morgan fingerprint density at radius 1 is 1.56 bits per heavy atom. The van der Waals surface area contributed by atoms with E-state index in [0.29, 0.717) is 18.6 Å². The fourth-order valence-electron chi connectivity index (χ4n) is 1.34. The van der Waals surface area contributed by atoms with Crippen LogP contribution >= 0.6 is 0 Å². The molecule has 0 unspecified atom stereocenters. The van der Waals surface area contributed by atoms with Gasteiger partial charge in [0.05, 0.1) is 11.5 Å². The number of carbonyl (C=O) groups excluding carboxylic acids is 1. The van der Waals surface area contributed by atoms with Crippen molar-refractivity contribution in [3.8, 4) is 0 Å². The van der Waals surface area contributed by atoms with Gasteiger partial charge in [-0.2, -0.15) is 0 Å². The lowest BCUT2D eigenvalue weighted by Gasteiger charge is -2.05. The molecule has 6 heteroatoms. The molecule has 0 aliphatic heterocycles. The highest BCUT2D eigenvalue weighted by molar-refractivity contribution is 5.95. The van der Waals surface area contributed by atoms with Crippen molar-refractivity contribution in [2.75, 3.05) is 13.7 Å². The van der Waals surface area contributed by atoms with Gasteiger partial charge in [0.1, 0.15) is 0 Å². The monoisotopic (exact) mass is 224 g/mol. The minimum Gasteiger partial charge on any atom is -0.384 e. The summed E-state index contributed by atoms with van der Waals surface area (Å²) < 4.78 is 4.87. The average Bonchev–Trinajstić information content (AvgIpc) is 2.25. The van der Waals surface area contributed by atoms with Gasteiger partial charge in [0.15, 0.2) is 0 Å². The lowest BCUT2D eigenvalue weighted by Crippen LogP contribution is -2.15. The molecule has 0 aliphatic carbocycles. The number of nitrogens with zero attached hydrogens (tertiary/aromatic N) is 1. The summed E-state index contributed by atoms with van der Waals surface area (Å²) in [6, 6.07) is 4.06. The van der Waals surface area contributed by atoms with E-state index in [0.717, 1.165) is 0 Å². The van der Waals surface area contributed by atoms with Crippen LogP contribution < -0.4 is 5.73 Å². The van der Waals surface area contributed by atoms with E-state index in [-0.39, 0.29) is 11.3 Å². The first-order chi connectivity index (χ1) is 7.56. The quantitative estimate of drug-likeness (QED) is 0.593. The van der Waals surface area contributed by atoms with E-state index < -0.39 is 10.8 Å². The third kappa shape index (κ3) is 2.77. The fraction of sp³-hybridized carbons (Fsp3) is 0.300. The minimum absolute atomic E-state index is 0.144. The molecule has 1 aromatic carbocycles. The standard InChI is InChI=1S/C10H12N2O4/c1-16-5-4-7-2-3-8(12(14)15)6-9(7)10(11)13/h2-3,6H,4-5H2,1H3,(H2,11,13). The molecule has 0 atom stereocenters. The van der Waals surface area contributed by atoms with Crippen LogP contribution in [0.1, 0.15) is 15.9 Å². The number of hydrogen-bond acceptors (Lipinski definition) is 4. The maximum absolute atomic E-state index is 11.1. The van der Waals surface area contributed by atoms with E-state index in [2.05, 4.69) is 0 Å². The summed E-state index contributed by atoms with van der Waals surface area (Å²) in [5, 5.41) is 10.5. The molecule has 0 radical (unpaired) electrons. The largest absolute Gasteiger partial charge is 0.384 e. The summed E-state index contributed by atoms with van der Waals surface area (Å²) in [4.78, 5) is 21.1. The zero-order valence-electron chi connectivity index (χ0n) is 8.80. The van der Waals surface area contributed by atoms with Crippen molar-refractivity contribution in [1.82, 2.24) is 0 Å². The first-order valence-corrected chi connectivity index (χ1v) is 4.62. The predicted octanol–water partition coefficient (Wildman–Crippen LogP) is 0.883. The molecule has 0 heterocycles. The number of benzene rings is 1. The van der Waals surface area contributed by atoms with E-state index in [9.17, 15) is 14.9 Å². The summed E-state index contributed by atoms with van der Waals surface area (Å²) in [6.07, 6.45) is 0.493. The topological polar surface area (TPSA) is 95.5 Å². The number of nitro groups is 1. The van der Waals surface area contributed by atoms with Crippen molar-refractivity contribution in [3.05, 3.63) is 39.4 Å². The number of hydrogen-bond donors (Lipinski definition) is 1. The highest BCUT2D eigenvalue weighted by atomic mass is 16.6.